The molecule has 2 aromatic rings. The summed E-state index contributed by atoms with van der Waals surface area (Å²) < 4.78 is 0. The van der Waals surface area contributed by atoms with Gasteiger partial charge in [0.15, 0.2) is 0 Å². The summed E-state index contributed by atoms with van der Waals surface area (Å²) in [6.07, 6.45) is 4.15. The number of benzene rings is 1. The van der Waals surface area contributed by atoms with Crippen LogP contribution in [0.15, 0.2) is 36.4 Å². The molecule has 0 fully saturated rings. The third kappa shape index (κ3) is 6.04. The fraction of sp³-hybridized carbons (Fsp3) is 0.412. The summed E-state index contributed by atoms with van der Waals surface area (Å²) in [5.41, 5.74) is 8.61. The maximum absolute atomic E-state index is 11.3. The number of carbonyl (C=O) groups is 1. The Morgan fingerprint density at radius 3 is 2.65 bits per heavy atom. The summed E-state index contributed by atoms with van der Waals surface area (Å²) in [6, 6.07) is 12.3. The van der Waals surface area contributed by atoms with Gasteiger partial charge in [-0.3, -0.25) is 9.89 Å². The fourth-order valence-electron chi connectivity index (χ4n) is 2.37. The lowest BCUT2D eigenvalue weighted by Crippen LogP contribution is -2.33. The summed E-state index contributed by atoms with van der Waals surface area (Å²) in [5, 5.41) is 7.46. The van der Waals surface area contributed by atoms with E-state index in [0.29, 0.717) is 0 Å². The second-order valence-corrected chi connectivity index (χ2v) is 5.47. The van der Waals surface area contributed by atoms with E-state index < -0.39 is 0 Å². The van der Waals surface area contributed by atoms with Gasteiger partial charge in [0.1, 0.15) is 0 Å². The molecule has 3 N–H and O–H groups in total. The normalized spacial score (nSPS) is 10.2. The Morgan fingerprint density at radius 1 is 1.22 bits per heavy atom. The number of aromatic nitrogens is 2. The highest BCUT2D eigenvalue weighted by atomic mass is 35.5. The van der Waals surface area contributed by atoms with Crippen LogP contribution in [-0.4, -0.2) is 41.1 Å². The van der Waals surface area contributed by atoms with Gasteiger partial charge in [-0.2, -0.15) is 5.10 Å². The highest BCUT2D eigenvalue weighted by molar-refractivity contribution is 5.85. The van der Waals surface area contributed by atoms with Crippen molar-refractivity contribution in [2.75, 3.05) is 20.1 Å². The van der Waals surface area contributed by atoms with Crippen LogP contribution in [0.25, 0.3) is 11.3 Å². The minimum Gasteiger partial charge on any atom is -0.345 e. The van der Waals surface area contributed by atoms with Gasteiger partial charge in [-0.25, -0.2) is 0 Å². The van der Waals surface area contributed by atoms with Gasteiger partial charge in [-0.05, 0) is 25.3 Å². The average molecular weight is 337 g/mol. The van der Waals surface area contributed by atoms with Crippen LogP contribution in [0.4, 0.5) is 0 Å². The molecule has 0 atom stereocenters. The number of hydrogen-bond acceptors (Lipinski definition) is 3. The zero-order valence-corrected chi connectivity index (χ0v) is 14.3. The van der Waals surface area contributed by atoms with Crippen molar-refractivity contribution in [3.63, 3.8) is 0 Å². The third-order valence-corrected chi connectivity index (χ3v) is 3.74. The van der Waals surface area contributed by atoms with Crippen molar-refractivity contribution >= 4 is 18.3 Å². The molecule has 0 spiro atoms. The number of aryl methyl sites for hydroxylation is 1. The molecule has 1 aromatic carbocycles. The highest BCUT2D eigenvalue weighted by Crippen LogP contribution is 2.17. The van der Waals surface area contributed by atoms with Crippen molar-refractivity contribution in [1.82, 2.24) is 15.1 Å². The first-order chi connectivity index (χ1) is 10.7. The summed E-state index contributed by atoms with van der Waals surface area (Å²) in [4.78, 5) is 13.0. The van der Waals surface area contributed by atoms with Crippen LogP contribution in [0.3, 0.4) is 0 Å². The van der Waals surface area contributed by atoms with Crippen molar-refractivity contribution in [1.29, 1.82) is 0 Å². The molecule has 0 aliphatic rings. The van der Waals surface area contributed by atoms with Crippen LogP contribution < -0.4 is 5.73 Å². The maximum atomic E-state index is 11.3. The first kappa shape index (κ1) is 19.2. The molecule has 0 aliphatic carbocycles. The van der Waals surface area contributed by atoms with E-state index >= 15 is 0 Å². The van der Waals surface area contributed by atoms with Gasteiger partial charge in [0.25, 0.3) is 0 Å². The number of carbonyl (C=O) groups excluding carboxylic acids is 1. The average Bonchev–Trinajstić information content (AvgIpc) is 3.03. The summed E-state index contributed by atoms with van der Waals surface area (Å²) >= 11 is 0. The van der Waals surface area contributed by atoms with Crippen LogP contribution in [0.2, 0.25) is 0 Å². The molecular weight excluding hydrogens is 312 g/mol. The number of hydrogen-bond donors (Lipinski definition) is 2. The Balaban J connectivity index is 0.00000264. The van der Waals surface area contributed by atoms with Crippen LogP contribution in [0.5, 0.6) is 0 Å². The van der Waals surface area contributed by atoms with Crippen molar-refractivity contribution in [2.45, 2.75) is 25.7 Å². The smallest absolute Gasteiger partial charge is 0.236 e. The Bertz CT molecular complexity index is 585. The van der Waals surface area contributed by atoms with Gasteiger partial charge in [-0.15, -0.1) is 12.4 Å². The molecule has 0 unspecified atom stereocenters. The molecule has 23 heavy (non-hydrogen) atoms. The number of nitrogens with two attached hydrogens (primary N) is 1. The second-order valence-electron chi connectivity index (χ2n) is 5.47. The maximum Gasteiger partial charge on any atom is 0.236 e. The molecule has 1 aromatic heterocycles. The number of likely N-dealkylation sites (N-methyl/N-ethyl adjacent to an activating group) is 1. The van der Waals surface area contributed by atoms with Crippen LogP contribution >= 0.6 is 12.4 Å². The first-order valence-electron chi connectivity index (χ1n) is 7.74. The second kappa shape index (κ2) is 10.0. The number of rotatable bonds is 8. The Kier molecular flexibility index (Phi) is 8.37. The first-order valence-corrected chi connectivity index (χ1v) is 7.74. The minimum absolute atomic E-state index is 0. The van der Waals surface area contributed by atoms with E-state index in [9.17, 15) is 4.79 Å². The van der Waals surface area contributed by atoms with E-state index in [-0.39, 0.29) is 24.9 Å². The van der Waals surface area contributed by atoms with Gasteiger partial charge in [-0.1, -0.05) is 36.8 Å². The molecule has 0 bridgehead atoms. The molecule has 6 heteroatoms. The highest BCUT2D eigenvalue weighted by Gasteiger charge is 2.06. The van der Waals surface area contributed by atoms with Gasteiger partial charge in [0.05, 0.1) is 12.2 Å². The van der Waals surface area contributed by atoms with E-state index in [2.05, 4.69) is 28.4 Å². The van der Waals surface area contributed by atoms with Gasteiger partial charge >= 0.3 is 0 Å². The topological polar surface area (TPSA) is 75.0 Å². The number of unbranched alkanes of at least 4 members (excludes halogenated alkanes) is 2. The van der Waals surface area contributed by atoms with Crippen molar-refractivity contribution in [2.24, 2.45) is 5.73 Å². The lowest BCUT2D eigenvalue weighted by atomic mass is 10.1. The van der Waals surface area contributed by atoms with E-state index in [1.165, 1.54) is 0 Å². The number of halogens is 1. The van der Waals surface area contributed by atoms with E-state index in [1.807, 2.05) is 18.2 Å². The molecule has 1 heterocycles. The Hall–Kier alpha value is -1.85. The number of aromatic amines is 1. The van der Waals surface area contributed by atoms with E-state index in [1.54, 1.807) is 11.9 Å². The number of nitrogens with zero attached hydrogens (tertiary/aromatic N) is 2. The summed E-state index contributed by atoms with van der Waals surface area (Å²) in [5.74, 6) is 0.000992. The molecule has 0 radical (unpaired) electrons. The molecule has 0 saturated carbocycles. The molecule has 126 valence electrons. The summed E-state index contributed by atoms with van der Waals surface area (Å²) in [7, 11) is 1.80. The van der Waals surface area contributed by atoms with Gasteiger partial charge in [0.2, 0.25) is 5.91 Å². The Labute approximate surface area is 143 Å². The van der Waals surface area contributed by atoms with Crippen LogP contribution in [0.1, 0.15) is 25.0 Å². The van der Waals surface area contributed by atoms with Crippen LogP contribution in [-0.2, 0) is 11.2 Å². The molecule has 5 nitrogen and oxygen atoms in total. The largest absolute Gasteiger partial charge is 0.345 e. The number of H-pyrrole nitrogens is 1. The molecule has 0 saturated heterocycles. The molecule has 1 amide bonds. The van der Waals surface area contributed by atoms with Crippen molar-refractivity contribution in [3.05, 3.63) is 42.1 Å². The molecular formula is C17H25ClN4O. The van der Waals surface area contributed by atoms with Crippen molar-refractivity contribution < 1.29 is 4.79 Å². The molecule has 2 rings (SSSR count). The van der Waals surface area contributed by atoms with Crippen molar-refractivity contribution in [3.8, 4) is 11.3 Å². The SMILES string of the molecule is CN(CCCCCc1cc(-c2ccccc2)n[nH]1)C(=O)CN.Cl. The van der Waals surface area contributed by atoms with E-state index in [4.69, 9.17) is 5.73 Å². The molecule has 0 aliphatic heterocycles. The minimum atomic E-state index is 0. The van der Waals surface area contributed by atoms with Gasteiger partial charge in [0, 0.05) is 24.8 Å². The fourth-order valence-corrected chi connectivity index (χ4v) is 2.37. The third-order valence-electron chi connectivity index (χ3n) is 3.74. The van der Waals surface area contributed by atoms with Gasteiger partial charge < -0.3 is 10.6 Å². The number of nitrogens with one attached hydrogen (secondary N) is 1. The Morgan fingerprint density at radius 2 is 1.96 bits per heavy atom. The zero-order valence-electron chi connectivity index (χ0n) is 13.5. The monoisotopic (exact) mass is 336 g/mol. The predicted octanol–water partition coefficient (Wildman–Crippen LogP) is 2.63. The summed E-state index contributed by atoms with van der Waals surface area (Å²) in [6.45, 7) is 0.862. The van der Waals surface area contributed by atoms with Crippen LogP contribution in [0, 0.1) is 0 Å². The lowest BCUT2D eigenvalue weighted by Gasteiger charge is -2.15. The number of amides is 1. The lowest BCUT2D eigenvalue weighted by molar-refractivity contribution is -0.128. The standard InChI is InChI=1S/C17H24N4O.ClH/c1-21(17(22)13-18)11-7-3-6-10-15-12-16(20-19-15)14-8-4-2-5-9-14;/h2,4-5,8-9,12H,3,6-7,10-11,13,18H2,1H3,(H,19,20);1H. The predicted molar refractivity (Wildman–Crippen MR) is 95.5 cm³/mol. The quantitative estimate of drug-likeness (QED) is 0.728. The van der Waals surface area contributed by atoms with E-state index in [0.717, 1.165) is 49.2 Å². The zero-order chi connectivity index (χ0) is 15.8.